The van der Waals surface area contributed by atoms with Gasteiger partial charge in [0.05, 0.1) is 0 Å². The molecule has 134 valence electrons. The van der Waals surface area contributed by atoms with Crippen LogP contribution in [-0.2, 0) is 4.79 Å². The maximum atomic E-state index is 12.1. The third-order valence-corrected chi connectivity index (χ3v) is 4.24. The molecule has 3 aromatic rings. The number of carbonyl (C=O) groups excluding carboxylic acids is 2. The number of carbonyl (C=O) groups is 2. The fraction of sp³-hybridized carbons (Fsp3) is 0.235. The maximum Gasteiger partial charge on any atom is 0.291 e. The molecule has 2 aromatic heterocycles. The van der Waals surface area contributed by atoms with Gasteiger partial charge in [-0.3, -0.25) is 9.59 Å². The first-order chi connectivity index (χ1) is 12.4. The van der Waals surface area contributed by atoms with Crippen molar-refractivity contribution in [1.29, 1.82) is 0 Å². The Hall–Kier alpha value is -2.81. The van der Waals surface area contributed by atoms with Crippen LogP contribution in [0.15, 0.2) is 34.9 Å². The molecule has 2 amide bonds. The van der Waals surface area contributed by atoms with Crippen molar-refractivity contribution < 1.29 is 9.59 Å². The van der Waals surface area contributed by atoms with Gasteiger partial charge in [-0.05, 0) is 37.6 Å². The molecule has 0 radical (unpaired) electrons. The highest BCUT2D eigenvalue weighted by atomic mass is 79.9. The molecule has 0 saturated heterocycles. The summed E-state index contributed by atoms with van der Waals surface area (Å²) in [5.74, 6) is -0.249. The van der Waals surface area contributed by atoms with Crippen molar-refractivity contribution in [3.63, 3.8) is 0 Å². The van der Waals surface area contributed by atoms with Gasteiger partial charge >= 0.3 is 0 Å². The average molecular weight is 417 g/mol. The number of rotatable bonds is 5. The fourth-order valence-electron chi connectivity index (χ4n) is 2.31. The van der Waals surface area contributed by atoms with Crippen molar-refractivity contribution in [2.24, 2.45) is 0 Å². The highest BCUT2D eigenvalue weighted by Crippen LogP contribution is 2.20. The lowest BCUT2D eigenvalue weighted by Gasteiger charge is -2.09. The standard InChI is InChI=1S/C17H17BrN6O2/c1-10-3-4-12(18)9-13(10)21-14(25)6-8-19-16(26)15-22-17-20-7-5-11(2)24(17)23-15/h3-5,7,9H,6,8H2,1-2H3,(H,19,26)(H,21,25). The highest BCUT2D eigenvalue weighted by Gasteiger charge is 2.14. The van der Waals surface area contributed by atoms with Gasteiger partial charge in [-0.2, -0.15) is 4.98 Å². The van der Waals surface area contributed by atoms with Gasteiger partial charge in [0.2, 0.25) is 11.7 Å². The van der Waals surface area contributed by atoms with Crippen LogP contribution >= 0.6 is 15.9 Å². The Morgan fingerprint density at radius 1 is 1.23 bits per heavy atom. The van der Waals surface area contributed by atoms with E-state index < -0.39 is 5.91 Å². The van der Waals surface area contributed by atoms with Crippen LogP contribution in [0.3, 0.4) is 0 Å². The molecule has 0 aliphatic carbocycles. The molecule has 0 fully saturated rings. The van der Waals surface area contributed by atoms with Gasteiger partial charge in [-0.15, -0.1) is 5.10 Å². The second-order valence-corrected chi connectivity index (χ2v) is 6.66. The van der Waals surface area contributed by atoms with Crippen LogP contribution in [0.2, 0.25) is 0 Å². The summed E-state index contributed by atoms with van der Waals surface area (Å²) in [6.07, 6.45) is 1.75. The van der Waals surface area contributed by atoms with Gasteiger partial charge in [0.25, 0.3) is 11.7 Å². The van der Waals surface area contributed by atoms with Gasteiger partial charge in [-0.1, -0.05) is 22.0 Å². The van der Waals surface area contributed by atoms with E-state index in [-0.39, 0.29) is 24.7 Å². The normalized spacial score (nSPS) is 10.7. The number of amides is 2. The van der Waals surface area contributed by atoms with Crippen molar-refractivity contribution >= 4 is 39.2 Å². The molecule has 9 heteroatoms. The maximum absolute atomic E-state index is 12.1. The van der Waals surface area contributed by atoms with Gasteiger partial charge in [0.1, 0.15) is 0 Å². The van der Waals surface area contributed by atoms with Gasteiger partial charge in [0.15, 0.2) is 0 Å². The van der Waals surface area contributed by atoms with E-state index in [4.69, 9.17) is 0 Å². The first-order valence-corrected chi connectivity index (χ1v) is 8.76. The summed E-state index contributed by atoms with van der Waals surface area (Å²) >= 11 is 3.37. The van der Waals surface area contributed by atoms with Crippen molar-refractivity contribution in [1.82, 2.24) is 24.9 Å². The lowest BCUT2D eigenvalue weighted by atomic mass is 10.2. The zero-order valence-electron chi connectivity index (χ0n) is 14.3. The monoisotopic (exact) mass is 416 g/mol. The summed E-state index contributed by atoms with van der Waals surface area (Å²) in [6, 6.07) is 7.43. The number of nitrogens with zero attached hydrogens (tertiary/aromatic N) is 4. The van der Waals surface area contributed by atoms with Gasteiger partial charge < -0.3 is 10.6 Å². The number of hydrogen-bond acceptors (Lipinski definition) is 5. The predicted molar refractivity (Wildman–Crippen MR) is 100.0 cm³/mol. The van der Waals surface area contributed by atoms with Crippen molar-refractivity contribution in [3.05, 3.63) is 52.0 Å². The molecular formula is C17H17BrN6O2. The summed E-state index contributed by atoms with van der Waals surface area (Å²) in [5.41, 5.74) is 2.52. The fourth-order valence-corrected chi connectivity index (χ4v) is 2.67. The van der Waals surface area contributed by atoms with E-state index in [1.807, 2.05) is 32.0 Å². The number of halogens is 1. The lowest BCUT2D eigenvalue weighted by molar-refractivity contribution is -0.116. The van der Waals surface area contributed by atoms with Gasteiger partial charge in [0, 0.05) is 35.0 Å². The van der Waals surface area contributed by atoms with Crippen LogP contribution in [0.5, 0.6) is 0 Å². The molecule has 0 saturated carbocycles. The number of nitrogens with one attached hydrogen (secondary N) is 2. The molecule has 0 aliphatic rings. The zero-order valence-corrected chi connectivity index (χ0v) is 15.9. The molecule has 8 nitrogen and oxygen atoms in total. The minimum atomic E-state index is -0.443. The van der Waals surface area contributed by atoms with E-state index in [1.54, 1.807) is 12.3 Å². The number of benzene rings is 1. The Bertz CT molecular complexity index is 985. The topological polar surface area (TPSA) is 101 Å². The summed E-state index contributed by atoms with van der Waals surface area (Å²) in [4.78, 5) is 32.3. The largest absolute Gasteiger partial charge is 0.349 e. The average Bonchev–Trinajstić information content (AvgIpc) is 3.04. The Labute approximate surface area is 158 Å². The van der Waals surface area contributed by atoms with Crippen LogP contribution in [0, 0.1) is 13.8 Å². The molecule has 0 unspecified atom stereocenters. The van der Waals surface area contributed by atoms with E-state index in [0.717, 1.165) is 21.4 Å². The second-order valence-electron chi connectivity index (χ2n) is 5.75. The number of hydrogen-bond donors (Lipinski definition) is 2. The molecule has 0 aliphatic heterocycles. The minimum absolute atomic E-state index is 0.0232. The van der Waals surface area contributed by atoms with Crippen molar-refractivity contribution in [3.8, 4) is 0 Å². The molecule has 3 rings (SSSR count). The minimum Gasteiger partial charge on any atom is -0.349 e. The van der Waals surface area contributed by atoms with Gasteiger partial charge in [-0.25, -0.2) is 9.50 Å². The molecule has 2 heterocycles. The molecule has 0 bridgehead atoms. The Balaban J connectivity index is 1.55. The molecule has 2 N–H and O–H groups in total. The van der Waals surface area contributed by atoms with E-state index >= 15 is 0 Å². The number of fused-ring (bicyclic) bond motifs is 1. The van der Waals surface area contributed by atoms with Crippen molar-refractivity contribution in [2.45, 2.75) is 20.3 Å². The number of anilines is 1. The van der Waals surface area contributed by atoms with E-state index in [2.05, 4.69) is 41.6 Å². The smallest absolute Gasteiger partial charge is 0.291 e. The van der Waals surface area contributed by atoms with Crippen LogP contribution < -0.4 is 10.6 Å². The summed E-state index contributed by atoms with van der Waals surface area (Å²) in [5, 5.41) is 9.60. The molecule has 26 heavy (non-hydrogen) atoms. The second kappa shape index (κ2) is 7.61. The Morgan fingerprint density at radius 3 is 2.81 bits per heavy atom. The number of aryl methyl sites for hydroxylation is 2. The molecule has 1 aromatic carbocycles. The quantitative estimate of drug-likeness (QED) is 0.663. The summed E-state index contributed by atoms with van der Waals surface area (Å²) in [6.45, 7) is 3.94. The third kappa shape index (κ3) is 4.05. The van der Waals surface area contributed by atoms with Crippen LogP contribution in [0.25, 0.3) is 5.78 Å². The predicted octanol–water partition coefficient (Wildman–Crippen LogP) is 2.26. The summed E-state index contributed by atoms with van der Waals surface area (Å²) in [7, 11) is 0. The van der Waals surface area contributed by atoms with E-state index in [1.165, 1.54) is 4.52 Å². The molecule has 0 spiro atoms. The van der Waals surface area contributed by atoms with E-state index in [9.17, 15) is 9.59 Å². The Morgan fingerprint density at radius 2 is 2.04 bits per heavy atom. The molecule has 0 atom stereocenters. The SMILES string of the molecule is Cc1ccc(Br)cc1NC(=O)CCNC(=O)c1nc2nccc(C)n2n1. The first-order valence-electron chi connectivity index (χ1n) is 7.96. The zero-order chi connectivity index (χ0) is 18.7. The van der Waals surface area contributed by atoms with Crippen molar-refractivity contribution in [2.75, 3.05) is 11.9 Å². The van der Waals surface area contributed by atoms with Crippen LogP contribution in [-0.4, -0.2) is 37.9 Å². The third-order valence-electron chi connectivity index (χ3n) is 3.74. The Kier molecular flexibility index (Phi) is 5.27. The molecular weight excluding hydrogens is 400 g/mol. The highest BCUT2D eigenvalue weighted by molar-refractivity contribution is 9.10. The van der Waals surface area contributed by atoms with E-state index in [0.29, 0.717) is 5.78 Å². The number of aromatic nitrogens is 4. The lowest BCUT2D eigenvalue weighted by Crippen LogP contribution is -2.28. The first kappa shape index (κ1) is 18.0. The van der Waals surface area contributed by atoms with Crippen LogP contribution in [0.1, 0.15) is 28.3 Å². The summed E-state index contributed by atoms with van der Waals surface area (Å²) < 4.78 is 2.38. The van der Waals surface area contributed by atoms with Crippen LogP contribution in [0.4, 0.5) is 5.69 Å².